The standard InChI is InChI=1S/C7H12O7/c8-3(9)1-2-4(10)5(11)6(12)7(13)14-2/h2,4-7,10-13H,1H2,(H,8,9)/t2-,4+,5-,6+,7-/m0/s1. The van der Waals surface area contributed by atoms with Gasteiger partial charge < -0.3 is 30.3 Å². The van der Waals surface area contributed by atoms with Gasteiger partial charge in [-0.05, 0) is 0 Å². The fourth-order valence-corrected chi connectivity index (χ4v) is 1.27. The Morgan fingerprint density at radius 3 is 2.14 bits per heavy atom. The molecule has 0 aromatic heterocycles. The van der Waals surface area contributed by atoms with Crippen LogP contribution in [-0.2, 0) is 9.53 Å². The van der Waals surface area contributed by atoms with E-state index in [1.807, 2.05) is 0 Å². The second kappa shape index (κ2) is 4.20. The predicted octanol–water partition coefficient (Wildman–Crippen LogP) is -2.74. The van der Waals surface area contributed by atoms with E-state index >= 15 is 0 Å². The highest BCUT2D eigenvalue weighted by Crippen LogP contribution is 2.21. The predicted molar refractivity (Wildman–Crippen MR) is 41.2 cm³/mol. The Bertz CT molecular complexity index is 218. The number of hydrogen-bond acceptors (Lipinski definition) is 6. The van der Waals surface area contributed by atoms with Crippen molar-refractivity contribution in [1.82, 2.24) is 0 Å². The Labute approximate surface area is 79.2 Å². The van der Waals surface area contributed by atoms with Crippen molar-refractivity contribution in [3.63, 3.8) is 0 Å². The number of aliphatic hydroxyl groups is 4. The number of rotatable bonds is 2. The van der Waals surface area contributed by atoms with Crippen LogP contribution < -0.4 is 0 Å². The minimum absolute atomic E-state index is 0.554. The van der Waals surface area contributed by atoms with E-state index in [0.29, 0.717) is 0 Å². The first kappa shape index (κ1) is 11.3. The van der Waals surface area contributed by atoms with Crippen LogP contribution in [0, 0.1) is 0 Å². The van der Waals surface area contributed by atoms with Crippen molar-refractivity contribution in [3.8, 4) is 0 Å². The fraction of sp³-hybridized carbons (Fsp3) is 0.857. The molecule has 0 saturated carbocycles. The lowest BCUT2D eigenvalue weighted by molar-refractivity contribution is -0.282. The summed E-state index contributed by atoms with van der Waals surface area (Å²) in [7, 11) is 0. The lowest BCUT2D eigenvalue weighted by atomic mass is 9.97. The second-order valence-electron chi connectivity index (χ2n) is 3.13. The zero-order valence-electron chi connectivity index (χ0n) is 7.15. The van der Waals surface area contributed by atoms with Gasteiger partial charge in [-0.3, -0.25) is 4.79 Å². The second-order valence-corrected chi connectivity index (χ2v) is 3.13. The summed E-state index contributed by atoms with van der Waals surface area (Å²) in [6.45, 7) is 0. The molecule has 0 aromatic carbocycles. The van der Waals surface area contributed by atoms with Gasteiger partial charge in [0, 0.05) is 0 Å². The molecule has 0 amide bonds. The van der Waals surface area contributed by atoms with Crippen LogP contribution in [0.15, 0.2) is 0 Å². The van der Waals surface area contributed by atoms with E-state index in [-0.39, 0.29) is 0 Å². The van der Waals surface area contributed by atoms with Crippen LogP contribution in [0.3, 0.4) is 0 Å². The molecule has 1 fully saturated rings. The zero-order chi connectivity index (χ0) is 10.9. The molecule has 14 heavy (non-hydrogen) atoms. The molecule has 5 N–H and O–H groups in total. The molecule has 0 bridgehead atoms. The molecule has 0 aromatic rings. The molecular weight excluding hydrogens is 196 g/mol. The summed E-state index contributed by atoms with van der Waals surface area (Å²) in [5.41, 5.74) is 0. The molecule has 0 aliphatic carbocycles. The largest absolute Gasteiger partial charge is 0.481 e. The van der Waals surface area contributed by atoms with E-state index < -0.39 is 43.1 Å². The van der Waals surface area contributed by atoms with Crippen LogP contribution in [0.5, 0.6) is 0 Å². The van der Waals surface area contributed by atoms with Crippen LogP contribution >= 0.6 is 0 Å². The third-order valence-corrected chi connectivity index (χ3v) is 2.06. The van der Waals surface area contributed by atoms with Gasteiger partial charge in [0.1, 0.15) is 18.3 Å². The van der Waals surface area contributed by atoms with Gasteiger partial charge in [0.05, 0.1) is 12.5 Å². The van der Waals surface area contributed by atoms with Gasteiger partial charge in [0.25, 0.3) is 0 Å². The Kier molecular flexibility index (Phi) is 3.40. The monoisotopic (exact) mass is 208 g/mol. The van der Waals surface area contributed by atoms with Crippen molar-refractivity contribution >= 4 is 5.97 Å². The number of carboxylic acids is 1. The molecule has 7 heteroatoms. The third-order valence-electron chi connectivity index (χ3n) is 2.06. The van der Waals surface area contributed by atoms with Crippen LogP contribution in [0.4, 0.5) is 0 Å². The summed E-state index contributed by atoms with van der Waals surface area (Å²) in [5.74, 6) is -1.23. The molecular formula is C7H12O7. The Balaban J connectivity index is 2.65. The minimum atomic E-state index is -1.68. The van der Waals surface area contributed by atoms with E-state index in [9.17, 15) is 9.90 Å². The van der Waals surface area contributed by atoms with Crippen LogP contribution in [0.2, 0.25) is 0 Å². The van der Waals surface area contributed by atoms with Crippen molar-refractivity contribution in [2.45, 2.75) is 37.1 Å². The maximum atomic E-state index is 10.3. The molecule has 82 valence electrons. The van der Waals surface area contributed by atoms with Crippen molar-refractivity contribution in [1.29, 1.82) is 0 Å². The number of carboxylic acid groups (broad SMARTS) is 1. The quantitative estimate of drug-likeness (QED) is 0.333. The Hall–Kier alpha value is -0.730. The van der Waals surface area contributed by atoms with Gasteiger partial charge in [-0.2, -0.15) is 0 Å². The van der Waals surface area contributed by atoms with E-state index in [2.05, 4.69) is 4.74 Å². The molecule has 0 unspecified atom stereocenters. The van der Waals surface area contributed by atoms with Gasteiger partial charge in [-0.1, -0.05) is 0 Å². The summed E-state index contributed by atoms with van der Waals surface area (Å²) in [5, 5.41) is 44.9. The van der Waals surface area contributed by atoms with E-state index in [1.165, 1.54) is 0 Å². The summed E-state index contributed by atoms with van der Waals surface area (Å²) >= 11 is 0. The smallest absolute Gasteiger partial charge is 0.306 e. The van der Waals surface area contributed by atoms with Crippen molar-refractivity contribution in [2.24, 2.45) is 0 Å². The van der Waals surface area contributed by atoms with Crippen molar-refractivity contribution < 1.29 is 35.1 Å². The highest BCUT2D eigenvalue weighted by molar-refractivity contribution is 5.67. The summed E-state index contributed by atoms with van der Waals surface area (Å²) in [6.07, 6.45) is -8.22. The highest BCUT2D eigenvalue weighted by Gasteiger charge is 2.43. The SMILES string of the molecule is O=C(O)C[C@@H]1O[C@H](O)[C@H](O)[C@@H](O)[C@@H]1O. The lowest BCUT2D eigenvalue weighted by Gasteiger charge is -2.37. The number of carbonyl (C=O) groups is 1. The van der Waals surface area contributed by atoms with E-state index in [0.717, 1.165) is 0 Å². The Morgan fingerprint density at radius 1 is 1.07 bits per heavy atom. The summed E-state index contributed by atoms with van der Waals surface area (Å²) in [4.78, 5) is 10.3. The minimum Gasteiger partial charge on any atom is -0.481 e. The maximum Gasteiger partial charge on any atom is 0.306 e. The molecule has 0 spiro atoms. The number of ether oxygens (including phenoxy) is 1. The first-order valence-electron chi connectivity index (χ1n) is 4.03. The lowest BCUT2D eigenvalue weighted by Crippen LogP contribution is -2.57. The number of aliphatic carboxylic acids is 1. The Morgan fingerprint density at radius 2 is 1.64 bits per heavy atom. The fourth-order valence-electron chi connectivity index (χ4n) is 1.27. The van der Waals surface area contributed by atoms with Gasteiger partial charge in [0.15, 0.2) is 6.29 Å². The van der Waals surface area contributed by atoms with Crippen molar-refractivity contribution in [2.75, 3.05) is 0 Å². The number of hydrogen-bond donors (Lipinski definition) is 5. The highest BCUT2D eigenvalue weighted by atomic mass is 16.6. The molecule has 1 aliphatic heterocycles. The normalized spacial score (nSPS) is 43.6. The maximum absolute atomic E-state index is 10.3. The molecule has 1 aliphatic rings. The average molecular weight is 208 g/mol. The van der Waals surface area contributed by atoms with Gasteiger partial charge in [-0.25, -0.2) is 0 Å². The average Bonchev–Trinajstić information content (AvgIpc) is 2.10. The van der Waals surface area contributed by atoms with Crippen LogP contribution in [0.1, 0.15) is 6.42 Å². The van der Waals surface area contributed by atoms with Gasteiger partial charge in [-0.15, -0.1) is 0 Å². The van der Waals surface area contributed by atoms with Crippen LogP contribution in [0.25, 0.3) is 0 Å². The van der Waals surface area contributed by atoms with Crippen molar-refractivity contribution in [3.05, 3.63) is 0 Å². The van der Waals surface area contributed by atoms with E-state index in [4.69, 9.17) is 20.4 Å². The summed E-state index contributed by atoms with van der Waals surface area (Å²) < 4.78 is 4.61. The first-order chi connectivity index (χ1) is 6.43. The molecule has 1 saturated heterocycles. The molecule has 0 radical (unpaired) electrons. The zero-order valence-corrected chi connectivity index (χ0v) is 7.15. The molecule has 5 atom stereocenters. The van der Waals surface area contributed by atoms with Gasteiger partial charge in [0.2, 0.25) is 0 Å². The first-order valence-corrected chi connectivity index (χ1v) is 4.03. The number of aliphatic hydroxyl groups excluding tert-OH is 4. The molecule has 1 rings (SSSR count). The molecule has 7 nitrogen and oxygen atoms in total. The third kappa shape index (κ3) is 2.20. The van der Waals surface area contributed by atoms with E-state index in [1.54, 1.807) is 0 Å². The molecule has 1 heterocycles. The van der Waals surface area contributed by atoms with Crippen LogP contribution in [-0.4, -0.2) is 62.2 Å². The summed E-state index contributed by atoms with van der Waals surface area (Å²) in [6, 6.07) is 0. The van der Waals surface area contributed by atoms with Gasteiger partial charge >= 0.3 is 5.97 Å². The topological polar surface area (TPSA) is 127 Å².